The summed E-state index contributed by atoms with van der Waals surface area (Å²) in [4.78, 5) is 13.1. The molecule has 0 aliphatic heterocycles. The minimum Gasteiger partial charge on any atom is -0.321 e. The number of thiophene rings is 1. The van der Waals surface area contributed by atoms with Crippen LogP contribution in [0.3, 0.4) is 0 Å². The predicted octanol–water partition coefficient (Wildman–Crippen LogP) is 5.94. The van der Waals surface area contributed by atoms with Crippen LogP contribution in [0, 0.1) is 12.7 Å². The Morgan fingerprint density at radius 1 is 0.970 bits per heavy atom. The number of rotatable bonds is 6. The summed E-state index contributed by atoms with van der Waals surface area (Å²) in [6, 6.07) is 21.5. The van der Waals surface area contributed by atoms with Gasteiger partial charge in [0, 0.05) is 23.7 Å². The van der Waals surface area contributed by atoms with Gasteiger partial charge in [0.15, 0.2) is 0 Å². The molecular weight excluding hydrogens is 459 g/mol. The Labute approximate surface area is 196 Å². The average molecular weight is 481 g/mol. The molecule has 3 aromatic carbocycles. The number of carbonyl (C=O) groups excluding carboxylic acids is 1. The van der Waals surface area contributed by atoms with Gasteiger partial charge in [-0.25, -0.2) is 12.8 Å². The van der Waals surface area contributed by atoms with Crippen LogP contribution in [0.5, 0.6) is 0 Å². The first kappa shape index (κ1) is 22.7. The summed E-state index contributed by atoms with van der Waals surface area (Å²) < 4.78 is 42.1. The lowest BCUT2D eigenvalue weighted by molar-refractivity contribution is 0.102. The van der Waals surface area contributed by atoms with Crippen molar-refractivity contribution >= 4 is 38.6 Å². The van der Waals surface area contributed by atoms with Crippen LogP contribution >= 0.6 is 11.3 Å². The van der Waals surface area contributed by atoms with Crippen molar-refractivity contribution in [2.75, 3.05) is 16.7 Å². The second-order valence-electron chi connectivity index (χ2n) is 7.45. The molecule has 1 heterocycles. The van der Waals surface area contributed by atoms with E-state index in [1.54, 1.807) is 35.7 Å². The molecule has 168 valence electrons. The summed E-state index contributed by atoms with van der Waals surface area (Å²) in [5, 5.41) is 4.34. The Balaban J connectivity index is 1.83. The Bertz CT molecular complexity index is 1400. The molecule has 0 radical (unpaired) electrons. The molecule has 0 spiro atoms. The standard InChI is InChI=1S/C25H21FN2O3S2/c1-17-7-6-10-21(15-17)28(2)33(30,31)24-22(18-8-4-3-5-9-18)16-32-23(24)25(29)27-20-13-11-19(26)12-14-20/h3-16H,1-2H3,(H,27,29). The Hall–Kier alpha value is -3.49. The Morgan fingerprint density at radius 2 is 1.67 bits per heavy atom. The van der Waals surface area contributed by atoms with Crippen LogP contribution in [-0.4, -0.2) is 21.4 Å². The smallest absolute Gasteiger partial charge is 0.267 e. The molecule has 4 rings (SSSR count). The minimum atomic E-state index is -4.10. The molecule has 0 atom stereocenters. The van der Waals surface area contributed by atoms with Crippen LogP contribution in [-0.2, 0) is 10.0 Å². The van der Waals surface area contributed by atoms with Gasteiger partial charge in [0.05, 0.1) is 5.69 Å². The molecule has 8 heteroatoms. The van der Waals surface area contributed by atoms with E-state index in [1.807, 2.05) is 31.2 Å². The van der Waals surface area contributed by atoms with Gasteiger partial charge >= 0.3 is 0 Å². The van der Waals surface area contributed by atoms with Crippen molar-refractivity contribution in [3.8, 4) is 11.1 Å². The summed E-state index contributed by atoms with van der Waals surface area (Å²) in [7, 11) is -2.63. The number of amides is 1. The zero-order chi connectivity index (χ0) is 23.6. The van der Waals surface area contributed by atoms with E-state index >= 15 is 0 Å². The van der Waals surface area contributed by atoms with Crippen LogP contribution in [0.4, 0.5) is 15.8 Å². The van der Waals surface area contributed by atoms with Gasteiger partial charge < -0.3 is 5.32 Å². The minimum absolute atomic E-state index is 0.0534. The van der Waals surface area contributed by atoms with Gasteiger partial charge in [0.25, 0.3) is 15.9 Å². The topological polar surface area (TPSA) is 66.5 Å². The monoisotopic (exact) mass is 480 g/mol. The number of hydrogen-bond acceptors (Lipinski definition) is 4. The maximum absolute atomic E-state index is 13.8. The third-order valence-corrected chi connectivity index (χ3v) is 8.10. The second kappa shape index (κ2) is 9.17. The van der Waals surface area contributed by atoms with E-state index in [0.29, 0.717) is 22.5 Å². The van der Waals surface area contributed by atoms with E-state index in [4.69, 9.17) is 0 Å². The molecule has 1 amide bonds. The fourth-order valence-electron chi connectivity index (χ4n) is 3.40. The van der Waals surface area contributed by atoms with Gasteiger partial charge in [-0.15, -0.1) is 11.3 Å². The quantitative estimate of drug-likeness (QED) is 0.371. The van der Waals surface area contributed by atoms with Crippen molar-refractivity contribution in [3.05, 3.63) is 101 Å². The van der Waals surface area contributed by atoms with Gasteiger partial charge in [-0.1, -0.05) is 42.5 Å². The number of aryl methyl sites for hydroxylation is 1. The van der Waals surface area contributed by atoms with Crippen molar-refractivity contribution in [2.24, 2.45) is 0 Å². The number of benzene rings is 3. The first-order valence-corrected chi connectivity index (χ1v) is 12.4. The van der Waals surface area contributed by atoms with E-state index in [-0.39, 0.29) is 9.77 Å². The summed E-state index contributed by atoms with van der Waals surface area (Å²) in [6.45, 7) is 1.88. The van der Waals surface area contributed by atoms with Crippen molar-refractivity contribution in [1.82, 2.24) is 0 Å². The number of carbonyl (C=O) groups is 1. The number of halogens is 1. The Morgan fingerprint density at radius 3 is 2.33 bits per heavy atom. The fourth-order valence-corrected chi connectivity index (χ4v) is 6.24. The summed E-state index contributed by atoms with van der Waals surface area (Å²) in [5.74, 6) is -1.01. The van der Waals surface area contributed by atoms with Gasteiger partial charge in [-0.2, -0.15) is 0 Å². The number of sulfonamides is 1. The zero-order valence-corrected chi connectivity index (χ0v) is 19.6. The highest BCUT2D eigenvalue weighted by molar-refractivity contribution is 7.93. The first-order valence-electron chi connectivity index (χ1n) is 10.1. The largest absolute Gasteiger partial charge is 0.321 e. The van der Waals surface area contributed by atoms with Crippen molar-refractivity contribution < 1.29 is 17.6 Å². The van der Waals surface area contributed by atoms with Crippen LogP contribution in [0.15, 0.2) is 89.1 Å². The fraction of sp³-hybridized carbons (Fsp3) is 0.0800. The van der Waals surface area contributed by atoms with E-state index in [1.165, 1.54) is 35.6 Å². The van der Waals surface area contributed by atoms with E-state index in [0.717, 1.165) is 16.9 Å². The lowest BCUT2D eigenvalue weighted by Gasteiger charge is -2.21. The maximum Gasteiger partial charge on any atom is 0.267 e. The Kier molecular flexibility index (Phi) is 6.31. The van der Waals surface area contributed by atoms with Crippen molar-refractivity contribution in [3.63, 3.8) is 0 Å². The normalized spacial score (nSPS) is 11.2. The summed E-state index contributed by atoms with van der Waals surface area (Å²) >= 11 is 1.05. The molecule has 0 bridgehead atoms. The molecule has 0 saturated heterocycles. The lowest BCUT2D eigenvalue weighted by Crippen LogP contribution is -2.28. The molecule has 1 aromatic heterocycles. The number of nitrogens with one attached hydrogen (secondary N) is 1. The van der Waals surface area contributed by atoms with Crippen LogP contribution in [0.25, 0.3) is 11.1 Å². The summed E-state index contributed by atoms with van der Waals surface area (Å²) in [6.07, 6.45) is 0. The molecule has 4 aromatic rings. The van der Waals surface area contributed by atoms with Crippen LogP contribution in [0.2, 0.25) is 0 Å². The van der Waals surface area contributed by atoms with Crippen molar-refractivity contribution in [1.29, 1.82) is 0 Å². The number of nitrogens with zero attached hydrogens (tertiary/aromatic N) is 1. The third-order valence-electron chi connectivity index (χ3n) is 5.12. The molecule has 0 fully saturated rings. The predicted molar refractivity (Wildman–Crippen MR) is 131 cm³/mol. The summed E-state index contributed by atoms with van der Waals surface area (Å²) in [5.41, 5.74) is 2.91. The molecule has 33 heavy (non-hydrogen) atoms. The highest BCUT2D eigenvalue weighted by atomic mass is 32.2. The molecular formula is C25H21FN2O3S2. The van der Waals surface area contributed by atoms with Gasteiger partial charge in [-0.3, -0.25) is 9.10 Å². The lowest BCUT2D eigenvalue weighted by atomic mass is 10.1. The van der Waals surface area contributed by atoms with Gasteiger partial charge in [-0.05, 0) is 54.4 Å². The van der Waals surface area contributed by atoms with E-state index in [9.17, 15) is 17.6 Å². The number of anilines is 2. The van der Waals surface area contributed by atoms with Gasteiger partial charge in [0.2, 0.25) is 0 Å². The molecule has 0 saturated carbocycles. The molecule has 0 aliphatic rings. The molecule has 1 N–H and O–H groups in total. The SMILES string of the molecule is Cc1cccc(N(C)S(=O)(=O)c2c(-c3ccccc3)csc2C(=O)Nc2ccc(F)cc2)c1. The molecule has 0 unspecified atom stereocenters. The van der Waals surface area contributed by atoms with Crippen molar-refractivity contribution in [2.45, 2.75) is 11.8 Å². The highest BCUT2D eigenvalue weighted by Crippen LogP contribution is 2.38. The van der Waals surface area contributed by atoms with Crippen LogP contribution < -0.4 is 9.62 Å². The van der Waals surface area contributed by atoms with Crippen LogP contribution in [0.1, 0.15) is 15.2 Å². The maximum atomic E-state index is 13.8. The molecule has 0 aliphatic carbocycles. The second-order valence-corrected chi connectivity index (χ2v) is 10.2. The number of hydrogen-bond donors (Lipinski definition) is 1. The van der Waals surface area contributed by atoms with E-state index in [2.05, 4.69) is 5.32 Å². The zero-order valence-electron chi connectivity index (χ0n) is 17.9. The average Bonchev–Trinajstić information content (AvgIpc) is 3.27. The first-order chi connectivity index (χ1) is 15.8. The molecule has 5 nitrogen and oxygen atoms in total. The third kappa shape index (κ3) is 4.67. The van der Waals surface area contributed by atoms with E-state index < -0.39 is 21.7 Å². The highest BCUT2D eigenvalue weighted by Gasteiger charge is 2.32. The van der Waals surface area contributed by atoms with Gasteiger partial charge in [0.1, 0.15) is 15.6 Å².